The third kappa shape index (κ3) is 2.45. The molecule has 0 aromatic carbocycles. The fraction of sp³-hybridized carbons (Fsp3) is 0.455. The molecule has 1 saturated heterocycles. The molecule has 1 aliphatic heterocycles. The van der Waals surface area contributed by atoms with Gasteiger partial charge in [-0.2, -0.15) is 5.26 Å². The highest BCUT2D eigenvalue weighted by Crippen LogP contribution is 2.11. The Morgan fingerprint density at radius 1 is 1.67 bits per heavy atom. The highest BCUT2D eigenvalue weighted by Gasteiger charge is 2.13. The van der Waals surface area contributed by atoms with Gasteiger partial charge in [-0.25, -0.2) is 4.98 Å². The van der Waals surface area contributed by atoms with Gasteiger partial charge < -0.3 is 10.6 Å². The molecule has 0 radical (unpaired) electrons. The van der Waals surface area contributed by atoms with Crippen molar-refractivity contribution in [2.75, 3.05) is 18.4 Å². The molecule has 2 heterocycles. The summed E-state index contributed by atoms with van der Waals surface area (Å²) < 4.78 is 0. The van der Waals surface area contributed by atoms with Crippen molar-refractivity contribution in [1.29, 1.82) is 5.26 Å². The maximum Gasteiger partial charge on any atom is 0.143 e. The lowest BCUT2D eigenvalue weighted by Crippen LogP contribution is -2.29. The van der Waals surface area contributed by atoms with Crippen LogP contribution in [0.3, 0.4) is 0 Å². The number of nitrogens with one attached hydrogen (secondary N) is 2. The van der Waals surface area contributed by atoms with Gasteiger partial charge in [-0.15, -0.1) is 0 Å². The summed E-state index contributed by atoms with van der Waals surface area (Å²) in [6, 6.07) is 6.19. The molecular formula is C11H14N4. The van der Waals surface area contributed by atoms with E-state index in [9.17, 15) is 0 Å². The SMILES string of the molecule is N#Cc1cccnc1NC[C@@H]1CCCN1. The molecular weight excluding hydrogens is 188 g/mol. The summed E-state index contributed by atoms with van der Waals surface area (Å²) in [5.41, 5.74) is 0.607. The van der Waals surface area contributed by atoms with Crippen molar-refractivity contribution in [2.24, 2.45) is 0 Å². The summed E-state index contributed by atoms with van der Waals surface area (Å²) in [5.74, 6) is 0.689. The van der Waals surface area contributed by atoms with Crippen LogP contribution in [0.15, 0.2) is 18.3 Å². The third-order valence-electron chi connectivity index (χ3n) is 2.61. The number of nitriles is 1. The predicted molar refractivity (Wildman–Crippen MR) is 58.5 cm³/mol. The summed E-state index contributed by atoms with van der Waals surface area (Å²) >= 11 is 0. The van der Waals surface area contributed by atoms with Crippen LogP contribution < -0.4 is 10.6 Å². The van der Waals surface area contributed by atoms with Crippen molar-refractivity contribution in [3.05, 3.63) is 23.9 Å². The molecule has 15 heavy (non-hydrogen) atoms. The monoisotopic (exact) mass is 202 g/mol. The molecule has 0 aliphatic carbocycles. The van der Waals surface area contributed by atoms with Crippen molar-refractivity contribution in [3.8, 4) is 6.07 Å². The zero-order chi connectivity index (χ0) is 10.5. The largest absolute Gasteiger partial charge is 0.367 e. The maximum atomic E-state index is 8.86. The van der Waals surface area contributed by atoms with Gasteiger partial charge in [-0.1, -0.05) is 0 Å². The number of aromatic nitrogens is 1. The first kappa shape index (κ1) is 9.94. The van der Waals surface area contributed by atoms with Gasteiger partial charge in [0.1, 0.15) is 11.9 Å². The fourth-order valence-electron chi connectivity index (χ4n) is 1.79. The molecule has 1 aromatic heterocycles. The highest BCUT2D eigenvalue weighted by atomic mass is 15.0. The van der Waals surface area contributed by atoms with E-state index < -0.39 is 0 Å². The van der Waals surface area contributed by atoms with E-state index in [1.54, 1.807) is 18.3 Å². The molecule has 4 heteroatoms. The minimum Gasteiger partial charge on any atom is -0.367 e. The molecule has 4 nitrogen and oxygen atoms in total. The Hall–Kier alpha value is -1.60. The van der Waals surface area contributed by atoms with E-state index >= 15 is 0 Å². The average molecular weight is 202 g/mol. The average Bonchev–Trinajstić information content (AvgIpc) is 2.79. The van der Waals surface area contributed by atoms with Crippen molar-refractivity contribution >= 4 is 5.82 Å². The van der Waals surface area contributed by atoms with E-state index in [0.717, 1.165) is 13.1 Å². The molecule has 78 valence electrons. The van der Waals surface area contributed by atoms with Crippen molar-refractivity contribution in [2.45, 2.75) is 18.9 Å². The maximum absolute atomic E-state index is 8.86. The van der Waals surface area contributed by atoms with Gasteiger partial charge in [0.25, 0.3) is 0 Å². The van der Waals surface area contributed by atoms with Crippen LogP contribution in [0.1, 0.15) is 18.4 Å². The van der Waals surface area contributed by atoms with Gasteiger partial charge >= 0.3 is 0 Å². The molecule has 0 saturated carbocycles. The van der Waals surface area contributed by atoms with E-state index in [4.69, 9.17) is 5.26 Å². The van der Waals surface area contributed by atoms with Crippen LogP contribution in [-0.4, -0.2) is 24.1 Å². The van der Waals surface area contributed by atoms with Crippen molar-refractivity contribution < 1.29 is 0 Å². The van der Waals surface area contributed by atoms with E-state index in [1.165, 1.54) is 12.8 Å². The van der Waals surface area contributed by atoms with Gasteiger partial charge in [0, 0.05) is 18.8 Å². The Morgan fingerprint density at radius 2 is 2.60 bits per heavy atom. The first-order chi connectivity index (χ1) is 7.40. The summed E-state index contributed by atoms with van der Waals surface area (Å²) in [6.45, 7) is 1.94. The van der Waals surface area contributed by atoms with Crippen LogP contribution in [0.5, 0.6) is 0 Å². The van der Waals surface area contributed by atoms with E-state index in [-0.39, 0.29) is 0 Å². The molecule has 2 rings (SSSR count). The van der Waals surface area contributed by atoms with Crippen molar-refractivity contribution in [3.63, 3.8) is 0 Å². The molecule has 0 amide bonds. The zero-order valence-electron chi connectivity index (χ0n) is 8.53. The standard InChI is InChI=1S/C11H14N4/c12-7-9-3-1-6-14-11(9)15-8-10-4-2-5-13-10/h1,3,6,10,13H,2,4-5,8H2,(H,14,15)/t10-/m0/s1. The molecule has 0 spiro atoms. The quantitative estimate of drug-likeness (QED) is 0.771. The van der Waals surface area contributed by atoms with E-state index in [0.29, 0.717) is 17.4 Å². The van der Waals surface area contributed by atoms with E-state index in [2.05, 4.69) is 21.7 Å². The lowest BCUT2D eigenvalue weighted by atomic mass is 10.2. The second-order valence-electron chi connectivity index (χ2n) is 3.69. The van der Waals surface area contributed by atoms with Gasteiger partial charge in [-0.3, -0.25) is 0 Å². The second kappa shape index (κ2) is 4.76. The first-order valence-corrected chi connectivity index (χ1v) is 5.22. The minimum atomic E-state index is 0.513. The van der Waals surface area contributed by atoms with Crippen LogP contribution in [0.25, 0.3) is 0 Å². The Labute approximate surface area is 89.3 Å². The van der Waals surface area contributed by atoms with Crippen LogP contribution in [0.2, 0.25) is 0 Å². The molecule has 0 bridgehead atoms. The Bertz CT molecular complexity index is 363. The molecule has 1 fully saturated rings. The summed E-state index contributed by atoms with van der Waals surface area (Å²) in [4.78, 5) is 4.15. The van der Waals surface area contributed by atoms with Crippen LogP contribution in [-0.2, 0) is 0 Å². The number of nitrogens with zero attached hydrogens (tertiary/aromatic N) is 2. The smallest absolute Gasteiger partial charge is 0.143 e. The normalized spacial score (nSPS) is 19.8. The lowest BCUT2D eigenvalue weighted by Gasteiger charge is -2.12. The van der Waals surface area contributed by atoms with Crippen LogP contribution >= 0.6 is 0 Å². The number of hydrogen-bond acceptors (Lipinski definition) is 4. The number of rotatable bonds is 3. The summed E-state index contributed by atoms with van der Waals surface area (Å²) in [7, 11) is 0. The van der Waals surface area contributed by atoms with Crippen LogP contribution in [0.4, 0.5) is 5.82 Å². The molecule has 0 unspecified atom stereocenters. The first-order valence-electron chi connectivity index (χ1n) is 5.22. The summed E-state index contributed by atoms with van der Waals surface area (Å²) in [6.07, 6.45) is 4.13. The zero-order valence-corrected chi connectivity index (χ0v) is 8.53. The second-order valence-corrected chi connectivity index (χ2v) is 3.69. The van der Waals surface area contributed by atoms with Crippen LogP contribution in [0, 0.1) is 11.3 Å². The molecule has 1 aliphatic rings. The molecule has 1 atom stereocenters. The predicted octanol–water partition coefficient (Wildman–Crippen LogP) is 1.12. The molecule has 2 N–H and O–H groups in total. The van der Waals surface area contributed by atoms with Gasteiger partial charge in [0.15, 0.2) is 0 Å². The molecule has 1 aromatic rings. The third-order valence-corrected chi connectivity index (χ3v) is 2.61. The van der Waals surface area contributed by atoms with Crippen molar-refractivity contribution in [1.82, 2.24) is 10.3 Å². The number of pyridine rings is 1. The number of anilines is 1. The Kier molecular flexibility index (Phi) is 3.15. The van der Waals surface area contributed by atoms with E-state index in [1.807, 2.05) is 0 Å². The lowest BCUT2D eigenvalue weighted by molar-refractivity contribution is 0.632. The summed E-state index contributed by atoms with van der Waals surface area (Å²) in [5, 5.41) is 15.5. The Balaban J connectivity index is 1.95. The fourth-order valence-corrected chi connectivity index (χ4v) is 1.79. The minimum absolute atomic E-state index is 0.513. The highest BCUT2D eigenvalue weighted by molar-refractivity contribution is 5.51. The Morgan fingerprint density at radius 3 is 3.33 bits per heavy atom. The number of hydrogen-bond donors (Lipinski definition) is 2. The van der Waals surface area contributed by atoms with Gasteiger partial charge in [0.05, 0.1) is 5.56 Å². The topological polar surface area (TPSA) is 60.7 Å². The van der Waals surface area contributed by atoms with Gasteiger partial charge in [0.2, 0.25) is 0 Å². The van der Waals surface area contributed by atoms with Gasteiger partial charge in [-0.05, 0) is 31.5 Å².